The van der Waals surface area contributed by atoms with Crippen LogP contribution in [-0.4, -0.2) is 30.1 Å². The van der Waals surface area contributed by atoms with Crippen LogP contribution in [0, 0.1) is 5.92 Å². The Morgan fingerprint density at radius 3 is 2.82 bits per heavy atom. The van der Waals surface area contributed by atoms with Gasteiger partial charge in [0.05, 0.1) is 0 Å². The lowest BCUT2D eigenvalue weighted by atomic mass is 10.0. The number of carbonyl (C=O) groups excluding carboxylic acids is 1. The van der Waals surface area contributed by atoms with Crippen LogP contribution in [0.5, 0.6) is 0 Å². The number of nitrogens with two attached hydrogens (primary N) is 1. The maximum absolute atomic E-state index is 12.1. The Kier molecular flexibility index (Phi) is 3.64. The van der Waals surface area contributed by atoms with E-state index in [0.717, 1.165) is 18.7 Å². The normalized spacial score (nSPS) is 23.8. The molecule has 4 nitrogen and oxygen atoms in total. The van der Waals surface area contributed by atoms with Gasteiger partial charge in [-0.3, -0.25) is 0 Å². The number of rotatable bonds is 2. The van der Waals surface area contributed by atoms with E-state index in [4.69, 9.17) is 5.73 Å². The van der Waals surface area contributed by atoms with Gasteiger partial charge in [-0.05, 0) is 24.5 Å². The summed E-state index contributed by atoms with van der Waals surface area (Å²) in [5.74, 6) is 0.488. The molecule has 1 aliphatic heterocycles. The van der Waals surface area contributed by atoms with Crippen molar-refractivity contribution in [2.75, 3.05) is 18.4 Å². The van der Waals surface area contributed by atoms with E-state index in [1.54, 1.807) is 0 Å². The Bertz CT molecular complexity index is 380. The smallest absolute Gasteiger partial charge is 0.322 e. The van der Waals surface area contributed by atoms with Gasteiger partial charge in [0.2, 0.25) is 0 Å². The average molecular weight is 233 g/mol. The van der Waals surface area contributed by atoms with Crippen molar-refractivity contribution in [2.24, 2.45) is 11.7 Å². The summed E-state index contributed by atoms with van der Waals surface area (Å²) in [6.45, 7) is 3.47. The molecule has 1 heterocycles. The van der Waals surface area contributed by atoms with E-state index < -0.39 is 0 Å². The predicted octanol–water partition coefficient (Wildman–Crippen LogP) is 1.89. The number of hydrogen-bond donors (Lipinski definition) is 2. The second-order valence-corrected chi connectivity index (χ2v) is 4.56. The third-order valence-electron chi connectivity index (χ3n) is 3.41. The standard InChI is InChI=1S/C13H19N3O/c1-10-7-8-16(12(10)9-14)13(17)15-11-5-3-2-4-6-11/h2-6,10,12H,7-9,14H2,1H3,(H,15,17). The van der Waals surface area contributed by atoms with Crippen LogP contribution in [0.15, 0.2) is 30.3 Å². The van der Waals surface area contributed by atoms with Crippen LogP contribution in [0.3, 0.4) is 0 Å². The zero-order valence-corrected chi connectivity index (χ0v) is 10.1. The van der Waals surface area contributed by atoms with Crippen molar-refractivity contribution in [1.29, 1.82) is 0 Å². The van der Waals surface area contributed by atoms with Crippen LogP contribution < -0.4 is 11.1 Å². The van der Waals surface area contributed by atoms with Crippen LogP contribution in [0.25, 0.3) is 0 Å². The van der Waals surface area contributed by atoms with E-state index in [2.05, 4.69) is 12.2 Å². The van der Waals surface area contributed by atoms with Gasteiger partial charge >= 0.3 is 6.03 Å². The number of nitrogens with zero attached hydrogens (tertiary/aromatic N) is 1. The molecular weight excluding hydrogens is 214 g/mol. The summed E-state index contributed by atoms with van der Waals surface area (Å²) in [6.07, 6.45) is 1.03. The molecule has 1 saturated heterocycles. The van der Waals surface area contributed by atoms with Crippen LogP contribution in [0.2, 0.25) is 0 Å². The van der Waals surface area contributed by atoms with Crippen molar-refractivity contribution in [3.05, 3.63) is 30.3 Å². The van der Waals surface area contributed by atoms with Gasteiger partial charge in [0, 0.05) is 24.8 Å². The van der Waals surface area contributed by atoms with Crippen molar-refractivity contribution in [3.63, 3.8) is 0 Å². The van der Waals surface area contributed by atoms with Crippen LogP contribution in [0.4, 0.5) is 10.5 Å². The van der Waals surface area contributed by atoms with Gasteiger partial charge < -0.3 is 16.0 Å². The summed E-state index contributed by atoms with van der Waals surface area (Å²) in [5.41, 5.74) is 6.55. The molecule has 0 bridgehead atoms. The number of para-hydroxylation sites is 1. The summed E-state index contributed by atoms with van der Waals surface area (Å²) in [4.78, 5) is 13.9. The summed E-state index contributed by atoms with van der Waals surface area (Å²) < 4.78 is 0. The molecule has 2 unspecified atom stereocenters. The number of anilines is 1. The predicted molar refractivity (Wildman–Crippen MR) is 68.8 cm³/mol. The highest BCUT2D eigenvalue weighted by Crippen LogP contribution is 2.23. The van der Waals surface area contributed by atoms with Crippen molar-refractivity contribution < 1.29 is 4.79 Å². The minimum atomic E-state index is -0.0454. The molecule has 17 heavy (non-hydrogen) atoms. The maximum atomic E-state index is 12.1. The average Bonchev–Trinajstić information content (AvgIpc) is 2.71. The fourth-order valence-electron chi connectivity index (χ4n) is 2.34. The van der Waals surface area contributed by atoms with Gasteiger partial charge in [-0.25, -0.2) is 4.79 Å². The molecule has 0 aliphatic carbocycles. The second kappa shape index (κ2) is 5.19. The van der Waals surface area contributed by atoms with E-state index in [9.17, 15) is 4.79 Å². The zero-order valence-electron chi connectivity index (χ0n) is 10.1. The van der Waals surface area contributed by atoms with Gasteiger partial charge in [-0.1, -0.05) is 25.1 Å². The number of nitrogens with one attached hydrogen (secondary N) is 1. The number of amides is 2. The largest absolute Gasteiger partial charge is 0.328 e. The summed E-state index contributed by atoms with van der Waals surface area (Å²) in [6, 6.07) is 9.63. The fraction of sp³-hybridized carbons (Fsp3) is 0.462. The van der Waals surface area contributed by atoms with E-state index in [1.165, 1.54) is 0 Å². The van der Waals surface area contributed by atoms with Gasteiger partial charge in [-0.2, -0.15) is 0 Å². The molecule has 1 fully saturated rings. The molecule has 0 aromatic heterocycles. The first kappa shape index (κ1) is 11.9. The third kappa shape index (κ3) is 2.58. The SMILES string of the molecule is CC1CCN(C(=O)Nc2ccccc2)C1CN. The summed E-state index contributed by atoms with van der Waals surface area (Å²) in [7, 11) is 0. The molecule has 0 spiro atoms. The fourth-order valence-corrected chi connectivity index (χ4v) is 2.34. The Labute approximate surface area is 102 Å². The molecule has 1 aromatic rings. The molecule has 4 heteroatoms. The van der Waals surface area contributed by atoms with E-state index in [-0.39, 0.29) is 12.1 Å². The highest BCUT2D eigenvalue weighted by atomic mass is 16.2. The van der Waals surface area contributed by atoms with Crippen LogP contribution in [-0.2, 0) is 0 Å². The molecule has 1 aromatic carbocycles. The quantitative estimate of drug-likeness (QED) is 0.819. The molecule has 92 valence electrons. The number of benzene rings is 1. The lowest BCUT2D eigenvalue weighted by molar-refractivity contribution is 0.202. The van der Waals surface area contributed by atoms with E-state index in [0.29, 0.717) is 12.5 Å². The van der Waals surface area contributed by atoms with Crippen LogP contribution >= 0.6 is 0 Å². The van der Waals surface area contributed by atoms with Crippen molar-refractivity contribution in [1.82, 2.24) is 4.90 Å². The van der Waals surface area contributed by atoms with Crippen molar-refractivity contribution >= 4 is 11.7 Å². The zero-order chi connectivity index (χ0) is 12.3. The highest BCUT2D eigenvalue weighted by Gasteiger charge is 2.33. The third-order valence-corrected chi connectivity index (χ3v) is 3.41. The summed E-state index contributed by atoms with van der Waals surface area (Å²) in [5, 5.41) is 2.90. The minimum absolute atomic E-state index is 0.0454. The first-order valence-electron chi connectivity index (χ1n) is 6.05. The van der Waals surface area contributed by atoms with Gasteiger partial charge in [0.1, 0.15) is 0 Å². The lowest BCUT2D eigenvalue weighted by Gasteiger charge is -2.25. The van der Waals surface area contributed by atoms with Gasteiger partial charge in [0.25, 0.3) is 0 Å². The minimum Gasteiger partial charge on any atom is -0.328 e. The van der Waals surface area contributed by atoms with Crippen molar-refractivity contribution in [2.45, 2.75) is 19.4 Å². The lowest BCUT2D eigenvalue weighted by Crippen LogP contribution is -2.44. The Morgan fingerprint density at radius 1 is 1.47 bits per heavy atom. The van der Waals surface area contributed by atoms with E-state index in [1.807, 2.05) is 35.2 Å². The number of carbonyl (C=O) groups is 1. The monoisotopic (exact) mass is 233 g/mol. The maximum Gasteiger partial charge on any atom is 0.322 e. The number of urea groups is 1. The number of likely N-dealkylation sites (tertiary alicyclic amines) is 1. The molecule has 1 aliphatic rings. The first-order chi connectivity index (χ1) is 8.22. The van der Waals surface area contributed by atoms with Gasteiger partial charge in [0.15, 0.2) is 0 Å². The van der Waals surface area contributed by atoms with Gasteiger partial charge in [-0.15, -0.1) is 0 Å². The molecule has 3 N–H and O–H groups in total. The molecule has 0 saturated carbocycles. The highest BCUT2D eigenvalue weighted by molar-refractivity contribution is 5.89. The van der Waals surface area contributed by atoms with Crippen LogP contribution in [0.1, 0.15) is 13.3 Å². The molecule has 2 amide bonds. The second-order valence-electron chi connectivity index (χ2n) is 4.56. The Morgan fingerprint density at radius 2 is 2.18 bits per heavy atom. The molecular formula is C13H19N3O. The Balaban J connectivity index is 2.01. The summed E-state index contributed by atoms with van der Waals surface area (Å²) >= 11 is 0. The molecule has 0 radical (unpaired) electrons. The number of hydrogen-bond acceptors (Lipinski definition) is 2. The molecule has 2 rings (SSSR count). The molecule has 2 atom stereocenters. The van der Waals surface area contributed by atoms with E-state index >= 15 is 0 Å². The van der Waals surface area contributed by atoms with Crippen molar-refractivity contribution in [3.8, 4) is 0 Å². The Hall–Kier alpha value is -1.55. The topological polar surface area (TPSA) is 58.4 Å². The first-order valence-corrected chi connectivity index (χ1v) is 6.05.